The Morgan fingerprint density at radius 3 is 2.96 bits per heavy atom. The van der Waals surface area contributed by atoms with Crippen LogP contribution in [0, 0.1) is 12.8 Å². The molecule has 2 atom stereocenters. The van der Waals surface area contributed by atoms with E-state index in [1.165, 1.54) is 0 Å². The number of rotatable bonds is 3. The van der Waals surface area contributed by atoms with Crippen LogP contribution in [0.4, 0.5) is 0 Å². The number of aromatic amines is 1. The molecule has 3 N–H and O–H groups in total. The summed E-state index contributed by atoms with van der Waals surface area (Å²) in [6, 6.07) is 1.87. The van der Waals surface area contributed by atoms with E-state index in [-0.39, 0.29) is 23.9 Å². The van der Waals surface area contributed by atoms with Crippen molar-refractivity contribution in [2.24, 2.45) is 5.92 Å². The molecule has 0 radical (unpaired) electrons. The van der Waals surface area contributed by atoms with Crippen molar-refractivity contribution < 1.29 is 9.59 Å². The van der Waals surface area contributed by atoms with Crippen LogP contribution in [0.2, 0.25) is 0 Å². The van der Waals surface area contributed by atoms with Gasteiger partial charge in [-0.25, -0.2) is 4.98 Å². The molecule has 0 spiro atoms. The number of aryl methyl sites for hydroxylation is 1. The summed E-state index contributed by atoms with van der Waals surface area (Å²) < 4.78 is 0. The van der Waals surface area contributed by atoms with E-state index in [0.29, 0.717) is 30.0 Å². The minimum atomic E-state index is -0.146. The van der Waals surface area contributed by atoms with Gasteiger partial charge in [-0.3, -0.25) is 14.7 Å². The Kier molecular flexibility index (Phi) is 3.28. The molecule has 0 bridgehead atoms. The second-order valence-corrected chi connectivity index (χ2v) is 6.49. The van der Waals surface area contributed by atoms with E-state index in [0.717, 1.165) is 23.9 Å². The number of pyridine rings is 1. The summed E-state index contributed by atoms with van der Waals surface area (Å²) in [6.07, 6.45) is 4.95. The molecular formula is C16H19N5O2. The highest BCUT2D eigenvalue weighted by molar-refractivity contribution is 5.97. The highest BCUT2D eigenvalue weighted by Gasteiger charge is 2.40. The van der Waals surface area contributed by atoms with E-state index in [4.69, 9.17) is 0 Å². The minimum Gasteiger partial charge on any atom is -0.351 e. The lowest BCUT2D eigenvalue weighted by molar-refractivity contribution is -0.124. The number of hydrogen-bond acceptors (Lipinski definition) is 4. The number of hydrogen-bond donors (Lipinski definition) is 3. The van der Waals surface area contributed by atoms with Crippen LogP contribution in [0.5, 0.6) is 0 Å². The number of fused-ring (bicyclic) bond motifs is 1. The number of aromatic nitrogens is 3. The van der Waals surface area contributed by atoms with Gasteiger partial charge >= 0.3 is 0 Å². The molecule has 23 heavy (non-hydrogen) atoms. The first-order valence-corrected chi connectivity index (χ1v) is 8.03. The SMILES string of the molecule is Cc1[nH]nc2ncc(C(=O)N[C@@H]3CCC(=O)N[C@H]3C3CC3)cc12. The largest absolute Gasteiger partial charge is 0.351 e. The third kappa shape index (κ3) is 2.67. The van der Waals surface area contributed by atoms with Gasteiger partial charge in [0.25, 0.3) is 5.91 Å². The first-order chi connectivity index (χ1) is 11.1. The monoisotopic (exact) mass is 313 g/mol. The first kappa shape index (κ1) is 14.2. The van der Waals surface area contributed by atoms with E-state index >= 15 is 0 Å². The molecule has 0 aromatic carbocycles. The van der Waals surface area contributed by atoms with Gasteiger partial charge in [-0.1, -0.05) is 0 Å². The number of nitrogens with one attached hydrogen (secondary N) is 3. The molecule has 1 saturated heterocycles. The topological polar surface area (TPSA) is 99.8 Å². The summed E-state index contributed by atoms with van der Waals surface area (Å²) >= 11 is 0. The summed E-state index contributed by atoms with van der Waals surface area (Å²) in [5.41, 5.74) is 2.02. The zero-order chi connectivity index (χ0) is 16.0. The Labute approximate surface area is 133 Å². The molecule has 4 rings (SSSR count). The van der Waals surface area contributed by atoms with E-state index < -0.39 is 0 Å². The molecule has 3 heterocycles. The zero-order valence-corrected chi connectivity index (χ0v) is 12.9. The van der Waals surface area contributed by atoms with Crippen molar-refractivity contribution in [3.63, 3.8) is 0 Å². The van der Waals surface area contributed by atoms with Gasteiger partial charge in [0.15, 0.2) is 5.65 Å². The maximum atomic E-state index is 12.6. The van der Waals surface area contributed by atoms with Crippen LogP contribution in [-0.4, -0.2) is 39.1 Å². The maximum absolute atomic E-state index is 12.6. The third-order valence-electron chi connectivity index (χ3n) is 4.75. The Bertz CT molecular complexity index is 780. The Balaban J connectivity index is 1.53. The number of piperidine rings is 1. The molecule has 1 aliphatic carbocycles. The quantitative estimate of drug-likeness (QED) is 0.788. The van der Waals surface area contributed by atoms with Crippen LogP contribution in [-0.2, 0) is 4.79 Å². The second kappa shape index (κ2) is 5.33. The molecule has 1 saturated carbocycles. The predicted octanol–water partition coefficient (Wildman–Crippen LogP) is 1.05. The van der Waals surface area contributed by atoms with Gasteiger partial charge in [-0.05, 0) is 38.2 Å². The van der Waals surface area contributed by atoms with Crippen molar-refractivity contribution in [3.8, 4) is 0 Å². The van der Waals surface area contributed by atoms with Crippen LogP contribution in [0.25, 0.3) is 11.0 Å². The van der Waals surface area contributed by atoms with Crippen molar-refractivity contribution >= 4 is 22.8 Å². The smallest absolute Gasteiger partial charge is 0.253 e. The third-order valence-corrected chi connectivity index (χ3v) is 4.75. The summed E-state index contributed by atoms with van der Waals surface area (Å²) in [5.74, 6) is 0.442. The van der Waals surface area contributed by atoms with Crippen LogP contribution < -0.4 is 10.6 Å². The van der Waals surface area contributed by atoms with Gasteiger partial charge in [0.05, 0.1) is 17.6 Å². The molecule has 2 fully saturated rings. The molecule has 0 unspecified atom stereocenters. The molecule has 1 aliphatic heterocycles. The molecule has 2 aromatic heterocycles. The van der Waals surface area contributed by atoms with Gasteiger partial charge in [0.1, 0.15) is 0 Å². The number of H-pyrrole nitrogens is 1. The first-order valence-electron chi connectivity index (χ1n) is 8.03. The number of carbonyl (C=O) groups is 2. The molecular weight excluding hydrogens is 294 g/mol. The van der Waals surface area contributed by atoms with E-state index in [1.807, 2.05) is 13.0 Å². The number of amides is 2. The molecule has 2 aliphatic rings. The standard InChI is InChI=1S/C16H19N5O2/c1-8-11-6-10(7-17-15(11)21-20-8)16(23)18-12-4-5-13(22)19-14(12)9-2-3-9/h6-7,9,12,14H,2-5H2,1H3,(H,18,23)(H,19,22)(H,17,20,21)/t12-,14+/m1/s1. The molecule has 2 amide bonds. The van der Waals surface area contributed by atoms with Gasteiger partial charge in [-0.2, -0.15) is 5.10 Å². The average Bonchev–Trinajstić information content (AvgIpc) is 3.33. The second-order valence-electron chi connectivity index (χ2n) is 6.49. The number of nitrogens with zero attached hydrogens (tertiary/aromatic N) is 2. The minimum absolute atomic E-state index is 0.00570. The normalized spacial score (nSPS) is 24.5. The lowest BCUT2D eigenvalue weighted by Crippen LogP contribution is -2.56. The summed E-state index contributed by atoms with van der Waals surface area (Å²) in [4.78, 5) is 28.4. The summed E-state index contributed by atoms with van der Waals surface area (Å²) in [6.45, 7) is 1.90. The van der Waals surface area contributed by atoms with Crippen molar-refractivity contribution in [2.45, 2.75) is 44.7 Å². The van der Waals surface area contributed by atoms with Crippen LogP contribution >= 0.6 is 0 Å². The lowest BCUT2D eigenvalue weighted by Gasteiger charge is -2.33. The molecule has 7 heteroatoms. The van der Waals surface area contributed by atoms with Crippen molar-refractivity contribution in [1.82, 2.24) is 25.8 Å². The van der Waals surface area contributed by atoms with Gasteiger partial charge in [-0.15, -0.1) is 0 Å². The fourth-order valence-corrected chi connectivity index (χ4v) is 3.28. The van der Waals surface area contributed by atoms with Gasteiger partial charge in [0.2, 0.25) is 5.91 Å². The van der Waals surface area contributed by atoms with Crippen LogP contribution in [0.3, 0.4) is 0 Å². The van der Waals surface area contributed by atoms with Crippen molar-refractivity contribution in [2.75, 3.05) is 0 Å². The molecule has 120 valence electrons. The Morgan fingerprint density at radius 1 is 1.35 bits per heavy atom. The Morgan fingerprint density at radius 2 is 2.17 bits per heavy atom. The van der Waals surface area contributed by atoms with Crippen LogP contribution in [0.15, 0.2) is 12.3 Å². The van der Waals surface area contributed by atoms with Crippen LogP contribution in [0.1, 0.15) is 41.7 Å². The highest BCUT2D eigenvalue weighted by atomic mass is 16.2. The molecule has 2 aromatic rings. The van der Waals surface area contributed by atoms with Gasteiger partial charge < -0.3 is 10.6 Å². The van der Waals surface area contributed by atoms with Gasteiger partial charge in [0, 0.05) is 23.7 Å². The lowest BCUT2D eigenvalue weighted by atomic mass is 9.94. The summed E-state index contributed by atoms with van der Waals surface area (Å²) in [7, 11) is 0. The maximum Gasteiger partial charge on any atom is 0.253 e. The van der Waals surface area contributed by atoms with E-state index in [2.05, 4.69) is 25.8 Å². The average molecular weight is 313 g/mol. The fourth-order valence-electron chi connectivity index (χ4n) is 3.28. The van der Waals surface area contributed by atoms with Crippen molar-refractivity contribution in [3.05, 3.63) is 23.5 Å². The molecule has 7 nitrogen and oxygen atoms in total. The predicted molar refractivity (Wildman–Crippen MR) is 83.8 cm³/mol. The fraction of sp³-hybridized carbons (Fsp3) is 0.500. The Hall–Kier alpha value is -2.44. The highest BCUT2D eigenvalue weighted by Crippen LogP contribution is 2.36. The zero-order valence-electron chi connectivity index (χ0n) is 12.9. The summed E-state index contributed by atoms with van der Waals surface area (Å²) in [5, 5.41) is 13.9. The van der Waals surface area contributed by atoms with E-state index in [9.17, 15) is 9.59 Å². The van der Waals surface area contributed by atoms with Crippen molar-refractivity contribution in [1.29, 1.82) is 0 Å². The van der Waals surface area contributed by atoms with E-state index in [1.54, 1.807) is 6.20 Å². The number of carbonyl (C=O) groups excluding carboxylic acids is 2.